The quantitative estimate of drug-likeness (QED) is 0.843. The van der Waals surface area contributed by atoms with Crippen LogP contribution in [0.25, 0.3) is 0 Å². The van der Waals surface area contributed by atoms with Crippen molar-refractivity contribution >= 4 is 0 Å². The fourth-order valence-electron chi connectivity index (χ4n) is 2.71. The van der Waals surface area contributed by atoms with Crippen LogP contribution in [0.3, 0.4) is 0 Å². The van der Waals surface area contributed by atoms with Gasteiger partial charge in [0.25, 0.3) is 0 Å². The van der Waals surface area contributed by atoms with E-state index >= 15 is 0 Å². The molecule has 0 amide bonds. The van der Waals surface area contributed by atoms with Gasteiger partial charge in [0.1, 0.15) is 6.26 Å². The Balaban J connectivity index is 1.71. The number of hydrogen-bond donors (Lipinski definition) is 0. The van der Waals surface area contributed by atoms with Crippen LogP contribution in [0.5, 0.6) is 0 Å². The van der Waals surface area contributed by atoms with Crippen molar-refractivity contribution in [1.82, 2.24) is 20.0 Å². The van der Waals surface area contributed by atoms with Gasteiger partial charge in [-0.15, -0.1) is 0 Å². The molecule has 0 saturated carbocycles. The minimum Gasteiger partial charge on any atom is -0.448 e. The Morgan fingerprint density at radius 3 is 2.90 bits per heavy atom. The minimum atomic E-state index is 0.206. The van der Waals surface area contributed by atoms with Crippen LogP contribution in [0.2, 0.25) is 0 Å². The molecule has 0 aliphatic carbocycles. The van der Waals surface area contributed by atoms with Crippen LogP contribution in [-0.2, 0) is 13.0 Å². The Hall–Kier alpha value is -1.69. The minimum absolute atomic E-state index is 0.206. The molecule has 114 valence electrons. The normalized spacial score (nSPS) is 19.7. The van der Waals surface area contributed by atoms with Crippen LogP contribution in [0.15, 0.2) is 15.2 Å². The second-order valence-corrected chi connectivity index (χ2v) is 5.86. The molecule has 0 bridgehead atoms. The Morgan fingerprint density at radius 2 is 2.24 bits per heavy atom. The van der Waals surface area contributed by atoms with Crippen molar-refractivity contribution in [2.75, 3.05) is 6.54 Å². The zero-order valence-corrected chi connectivity index (χ0v) is 12.9. The van der Waals surface area contributed by atoms with Gasteiger partial charge in [0.2, 0.25) is 5.89 Å². The maximum atomic E-state index is 5.51. The van der Waals surface area contributed by atoms with Gasteiger partial charge in [-0.2, -0.15) is 4.98 Å². The molecular formula is C15H22N4O2. The smallest absolute Gasteiger partial charge is 0.244 e. The molecule has 6 heteroatoms. The third kappa shape index (κ3) is 3.00. The SMILES string of the molecule is CCc1noc([C@@H]2CCCN2Cc2coc(C(C)C)n2)n1. The molecule has 1 aliphatic heterocycles. The molecule has 1 aliphatic rings. The van der Waals surface area contributed by atoms with Crippen molar-refractivity contribution in [3.8, 4) is 0 Å². The first kappa shape index (κ1) is 14.3. The molecule has 6 nitrogen and oxygen atoms in total. The third-order valence-electron chi connectivity index (χ3n) is 3.88. The fraction of sp³-hybridized carbons (Fsp3) is 0.667. The van der Waals surface area contributed by atoms with E-state index in [2.05, 4.69) is 33.9 Å². The van der Waals surface area contributed by atoms with E-state index in [-0.39, 0.29) is 6.04 Å². The summed E-state index contributed by atoms with van der Waals surface area (Å²) in [6, 6.07) is 0.206. The summed E-state index contributed by atoms with van der Waals surface area (Å²) in [4.78, 5) is 11.4. The molecule has 3 heterocycles. The van der Waals surface area contributed by atoms with Crippen molar-refractivity contribution in [2.45, 2.75) is 58.5 Å². The van der Waals surface area contributed by atoms with E-state index in [0.717, 1.165) is 55.7 Å². The summed E-state index contributed by atoms with van der Waals surface area (Å²) in [7, 11) is 0. The van der Waals surface area contributed by atoms with E-state index < -0.39 is 0 Å². The summed E-state index contributed by atoms with van der Waals surface area (Å²) in [6.45, 7) is 7.99. The predicted molar refractivity (Wildman–Crippen MR) is 76.7 cm³/mol. The summed E-state index contributed by atoms with van der Waals surface area (Å²) in [5.41, 5.74) is 0.973. The van der Waals surface area contributed by atoms with E-state index in [0.29, 0.717) is 5.92 Å². The van der Waals surface area contributed by atoms with Gasteiger partial charge < -0.3 is 8.94 Å². The van der Waals surface area contributed by atoms with Crippen molar-refractivity contribution in [1.29, 1.82) is 0 Å². The Kier molecular flexibility index (Phi) is 4.05. The summed E-state index contributed by atoms with van der Waals surface area (Å²) in [6.07, 6.45) is 4.76. The lowest BCUT2D eigenvalue weighted by Crippen LogP contribution is -2.23. The second-order valence-electron chi connectivity index (χ2n) is 5.86. The van der Waals surface area contributed by atoms with Gasteiger partial charge in [-0.25, -0.2) is 4.98 Å². The van der Waals surface area contributed by atoms with E-state index in [4.69, 9.17) is 8.94 Å². The molecule has 1 fully saturated rings. The van der Waals surface area contributed by atoms with Gasteiger partial charge in [0.05, 0.1) is 11.7 Å². The molecular weight excluding hydrogens is 268 g/mol. The predicted octanol–water partition coefficient (Wildman–Crippen LogP) is 3.08. The molecule has 3 rings (SSSR count). The van der Waals surface area contributed by atoms with Crippen molar-refractivity contribution in [3.05, 3.63) is 29.6 Å². The lowest BCUT2D eigenvalue weighted by molar-refractivity contribution is 0.199. The zero-order valence-electron chi connectivity index (χ0n) is 12.9. The summed E-state index contributed by atoms with van der Waals surface area (Å²) in [5, 5.41) is 4.00. The van der Waals surface area contributed by atoms with Gasteiger partial charge in [-0.1, -0.05) is 25.9 Å². The van der Waals surface area contributed by atoms with Crippen molar-refractivity contribution in [2.24, 2.45) is 0 Å². The molecule has 0 radical (unpaired) electrons. The molecule has 21 heavy (non-hydrogen) atoms. The highest BCUT2D eigenvalue weighted by Crippen LogP contribution is 2.32. The van der Waals surface area contributed by atoms with Gasteiger partial charge in [-0.05, 0) is 19.4 Å². The standard InChI is InChI=1S/C15H22N4O2/c1-4-13-17-15(21-18-13)12-6-5-7-19(12)8-11-9-20-14(16-11)10(2)3/h9-10,12H,4-8H2,1-3H3/t12-/m0/s1. The number of likely N-dealkylation sites (tertiary alicyclic amines) is 1. The number of aryl methyl sites for hydroxylation is 1. The van der Waals surface area contributed by atoms with Crippen molar-refractivity contribution in [3.63, 3.8) is 0 Å². The van der Waals surface area contributed by atoms with Gasteiger partial charge in [-0.3, -0.25) is 4.90 Å². The number of hydrogen-bond acceptors (Lipinski definition) is 6. The molecule has 0 unspecified atom stereocenters. The first-order valence-corrected chi connectivity index (χ1v) is 7.68. The topological polar surface area (TPSA) is 68.2 Å². The maximum absolute atomic E-state index is 5.51. The molecule has 2 aromatic rings. The lowest BCUT2D eigenvalue weighted by atomic mass is 10.2. The van der Waals surface area contributed by atoms with Crippen LogP contribution in [0, 0.1) is 0 Å². The number of rotatable bonds is 5. The number of oxazole rings is 1. The van der Waals surface area contributed by atoms with Crippen LogP contribution in [0.1, 0.15) is 68.9 Å². The zero-order chi connectivity index (χ0) is 14.8. The molecule has 2 aromatic heterocycles. The lowest BCUT2D eigenvalue weighted by Gasteiger charge is -2.19. The summed E-state index contributed by atoms with van der Waals surface area (Å²) in [5.74, 6) is 2.63. The Bertz CT molecular complexity index is 590. The second kappa shape index (κ2) is 5.97. The van der Waals surface area contributed by atoms with Gasteiger partial charge in [0, 0.05) is 18.9 Å². The van der Waals surface area contributed by atoms with Crippen molar-refractivity contribution < 1.29 is 8.94 Å². The highest BCUT2D eigenvalue weighted by atomic mass is 16.5. The average molecular weight is 290 g/mol. The van der Waals surface area contributed by atoms with Crippen LogP contribution >= 0.6 is 0 Å². The van der Waals surface area contributed by atoms with E-state index in [1.807, 2.05) is 6.92 Å². The molecule has 1 atom stereocenters. The molecule has 0 aromatic carbocycles. The molecule has 0 N–H and O–H groups in total. The molecule has 1 saturated heterocycles. The molecule has 0 spiro atoms. The summed E-state index contributed by atoms with van der Waals surface area (Å²) >= 11 is 0. The largest absolute Gasteiger partial charge is 0.448 e. The average Bonchev–Trinajstić information content (AvgIpc) is 3.18. The fourth-order valence-corrected chi connectivity index (χ4v) is 2.71. The Morgan fingerprint density at radius 1 is 1.38 bits per heavy atom. The van der Waals surface area contributed by atoms with E-state index in [1.165, 1.54) is 0 Å². The van der Waals surface area contributed by atoms with Crippen LogP contribution in [-0.4, -0.2) is 26.6 Å². The van der Waals surface area contributed by atoms with E-state index in [1.54, 1.807) is 6.26 Å². The van der Waals surface area contributed by atoms with Gasteiger partial charge >= 0.3 is 0 Å². The highest BCUT2D eigenvalue weighted by Gasteiger charge is 2.31. The highest BCUT2D eigenvalue weighted by molar-refractivity contribution is 5.03. The maximum Gasteiger partial charge on any atom is 0.244 e. The van der Waals surface area contributed by atoms with Crippen LogP contribution in [0.4, 0.5) is 0 Å². The first-order valence-electron chi connectivity index (χ1n) is 7.68. The number of aromatic nitrogens is 3. The van der Waals surface area contributed by atoms with Crippen LogP contribution < -0.4 is 0 Å². The summed E-state index contributed by atoms with van der Waals surface area (Å²) < 4.78 is 10.9. The van der Waals surface area contributed by atoms with Gasteiger partial charge in [0.15, 0.2) is 11.7 Å². The number of nitrogens with zero attached hydrogens (tertiary/aromatic N) is 4. The third-order valence-corrected chi connectivity index (χ3v) is 3.88. The van der Waals surface area contributed by atoms with E-state index in [9.17, 15) is 0 Å². The Labute approximate surface area is 124 Å². The first-order chi connectivity index (χ1) is 10.2. The monoisotopic (exact) mass is 290 g/mol.